The minimum atomic E-state index is -0.119. The Hall–Kier alpha value is -0.650. The van der Waals surface area contributed by atoms with E-state index >= 15 is 0 Å². The highest BCUT2D eigenvalue weighted by Gasteiger charge is 2.33. The number of rotatable bonds is 4. The Morgan fingerprint density at radius 3 is 3.05 bits per heavy atom. The molecule has 1 aromatic rings. The summed E-state index contributed by atoms with van der Waals surface area (Å²) in [6, 6.07) is 4.02. The van der Waals surface area contributed by atoms with Crippen LogP contribution in [0.15, 0.2) is 18.3 Å². The summed E-state index contributed by atoms with van der Waals surface area (Å²) >= 11 is 3.51. The van der Waals surface area contributed by atoms with Gasteiger partial charge >= 0.3 is 0 Å². The molecule has 5 heteroatoms. The number of ether oxygens (including phenoxy) is 2. The van der Waals surface area contributed by atoms with Gasteiger partial charge in [0.05, 0.1) is 18.8 Å². The molecule has 1 aliphatic heterocycles. The predicted octanol–water partition coefficient (Wildman–Crippen LogP) is 2.46. The zero-order valence-electron chi connectivity index (χ0n) is 11.7. The van der Waals surface area contributed by atoms with Crippen LogP contribution in [-0.4, -0.2) is 47.1 Å². The lowest BCUT2D eigenvalue weighted by atomic mass is 10.0. The molecule has 2 rings (SSSR count). The largest absolute Gasteiger partial charge is 0.481 e. The molecule has 0 spiro atoms. The van der Waals surface area contributed by atoms with Crippen molar-refractivity contribution in [2.24, 2.45) is 0 Å². The first kappa shape index (κ1) is 14.8. The molecular weight excluding hydrogens is 308 g/mol. The van der Waals surface area contributed by atoms with E-state index in [2.05, 4.69) is 45.7 Å². The lowest BCUT2D eigenvalue weighted by Gasteiger charge is -2.42. The van der Waals surface area contributed by atoms with Crippen molar-refractivity contribution >= 4 is 15.9 Å². The summed E-state index contributed by atoms with van der Waals surface area (Å²) in [6.45, 7) is 6.94. The fourth-order valence-corrected chi connectivity index (χ4v) is 2.92. The van der Waals surface area contributed by atoms with Crippen LogP contribution in [0.3, 0.4) is 0 Å². The van der Waals surface area contributed by atoms with Gasteiger partial charge in [-0.15, -0.1) is 0 Å². The van der Waals surface area contributed by atoms with E-state index in [-0.39, 0.29) is 11.7 Å². The van der Waals surface area contributed by atoms with Gasteiger partial charge in [-0.3, -0.25) is 4.90 Å². The molecule has 1 aromatic heterocycles. The van der Waals surface area contributed by atoms with Gasteiger partial charge in [0.2, 0.25) is 5.88 Å². The molecule has 0 radical (unpaired) electrons. The van der Waals surface area contributed by atoms with Gasteiger partial charge in [-0.05, 0) is 19.9 Å². The van der Waals surface area contributed by atoms with Crippen molar-refractivity contribution in [3.05, 3.63) is 23.9 Å². The summed E-state index contributed by atoms with van der Waals surface area (Å²) < 4.78 is 11.3. The maximum atomic E-state index is 6.01. The Balaban J connectivity index is 2.09. The molecule has 1 saturated heterocycles. The zero-order valence-corrected chi connectivity index (χ0v) is 13.3. The molecule has 1 unspecified atom stereocenters. The van der Waals surface area contributed by atoms with E-state index in [0.717, 1.165) is 30.5 Å². The van der Waals surface area contributed by atoms with Crippen LogP contribution in [0.4, 0.5) is 0 Å². The minimum Gasteiger partial charge on any atom is -0.481 e. The summed E-state index contributed by atoms with van der Waals surface area (Å²) in [5, 5.41) is 0.858. The SMILES string of the molecule is COc1ncccc1CN1CC(CBr)OC(C)(C)C1. The number of morpholine rings is 1. The summed E-state index contributed by atoms with van der Waals surface area (Å²) in [5.41, 5.74) is 1.00. The Morgan fingerprint density at radius 1 is 1.58 bits per heavy atom. The van der Waals surface area contributed by atoms with Crippen molar-refractivity contribution in [2.75, 3.05) is 25.5 Å². The number of aromatic nitrogens is 1. The Kier molecular flexibility index (Phi) is 4.81. The molecule has 0 bridgehead atoms. The Bertz CT molecular complexity index is 426. The summed E-state index contributed by atoms with van der Waals surface area (Å²) in [7, 11) is 1.66. The lowest BCUT2D eigenvalue weighted by Crippen LogP contribution is -2.52. The molecule has 0 amide bonds. The topological polar surface area (TPSA) is 34.6 Å². The van der Waals surface area contributed by atoms with Crippen molar-refractivity contribution in [3.63, 3.8) is 0 Å². The molecule has 0 N–H and O–H groups in total. The van der Waals surface area contributed by atoms with E-state index in [1.165, 1.54) is 0 Å². The standard InChI is InChI=1S/C14H21BrN2O2/c1-14(2)10-17(9-12(7-15)19-14)8-11-5-4-6-16-13(11)18-3/h4-6,12H,7-10H2,1-3H3. The van der Waals surface area contributed by atoms with E-state index in [9.17, 15) is 0 Å². The van der Waals surface area contributed by atoms with Gasteiger partial charge in [-0.2, -0.15) is 0 Å². The van der Waals surface area contributed by atoms with Gasteiger partial charge in [-0.25, -0.2) is 4.98 Å². The quantitative estimate of drug-likeness (QED) is 0.795. The second-order valence-electron chi connectivity index (χ2n) is 5.50. The fraction of sp³-hybridized carbons (Fsp3) is 0.643. The average Bonchev–Trinajstić information content (AvgIpc) is 2.37. The monoisotopic (exact) mass is 328 g/mol. The summed E-state index contributed by atoms with van der Waals surface area (Å²) in [6.07, 6.45) is 1.98. The van der Waals surface area contributed by atoms with Crippen LogP contribution in [0.1, 0.15) is 19.4 Å². The van der Waals surface area contributed by atoms with Gasteiger partial charge in [0, 0.05) is 36.7 Å². The van der Waals surface area contributed by atoms with Gasteiger partial charge < -0.3 is 9.47 Å². The second-order valence-corrected chi connectivity index (χ2v) is 6.14. The van der Waals surface area contributed by atoms with Crippen molar-refractivity contribution in [3.8, 4) is 5.88 Å². The summed E-state index contributed by atoms with van der Waals surface area (Å²) in [5.74, 6) is 0.710. The third kappa shape index (κ3) is 3.91. The van der Waals surface area contributed by atoms with Crippen molar-refractivity contribution in [2.45, 2.75) is 32.1 Å². The van der Waals surface area contributed by atoms with Gasteiger partial charge in [0.1, 0.15) is 0 Å². The smallest absolute Gasteiger partial charge is 0.217 e. The lowest BCUT2D eigenvalue weighted by molar-refractivity contribution is -0.128. The highest BCUT2D eigenvalue weighted by atomic mass is 79.9. The maximum absolute atomic E-state index is 6.01. The average molecular weight is 329 g/mol. The molecule has 106 valence electrons. The van der Waals surface area contributed by atoms with E-state index in [1.807, 2.05) is 6.07 Å². The zero-order chi connectivity index (χ0) is 13.9. The van der Waals surface area contributed by atoms with Crippen molar-refractivity contribution in [1.82, 2.24) is 9.88 Å². The normalized spacial score (nSPS) is 23.3. The van der Waals surface area contributed by atoms with Gasteiger partial charge in [-0.1, -0.05) is 22.0 Å². The molecule has 1 aliphatic rings. The number of nitrogens with zero attached hydrogens (tertiary/aromatic N) is 2. The Labute approximate surface area is 123 Å². The molecule has 1 atom stereocenters. The second kappa shape index (κ2) is 6.20. The molecule has 2 heterocycles. The first-order chi connectivity index (χ1) is 9.04. The first-order valence-electron chi connectivity index (χ1n) is 6.48. The van der Waals surface area contributed by atoms with Crippen LogP contribution in [0.5, 0.6) is 5.88 Å². The molecule has 0 aliphatic carbocycles. The molecule has 0 saturated carbocycles. The highest BCUT2D eigenvalue weighted by molar-refractivity contribution is 9.09. The van der Waals surface area contributed by atoms with Gasteiger partial charge in [0.25, 0.3) is 0 Å². The summed E-state index contributed by atoms with van der Waals surface area (Å²) in [4.78, 5) is 6.65. The van der Waals surface area contributed by atoms with Crippen LogP contribution in [0, 0.1) is 0 Å². The Morgan fingerprint density at radius 2 is 2.37 bits per heavy atom. The number of alkyl halides is 1. The van der Waals surface area contributed by atoms with E-state index in [1.54, 1.807) is 13.3 Å². The number of halogens is 1. The molecular formula is C14H21BrN2O2. The van der Waals surface area contributed by atoms with Crippen molar-refractivity contribution < 1.29 is 9.47 Å². The first-order valence-corrected chi connectivity index (χ1v) is 7.60. The van der Waals surface area contributed by atoms with Gasteiger partial charge in [0.15, 0.2) is 0 Å². The third-order valence-electron chi connectivity index (χ3n) is 3.16. The van der Waals surface area contributed by atoms with Crippen molar-refractivity contribution in [1.29, 1.82) is 0 Å². The minimum absolute atomic E-state index is 0.119. The van der Waals surface area contributed by atoms with Crippen LogP contribution < -0.4 is 4.74 Å². The molecule has 19 heavy (non-hydrogen) atoms. The maximum Gasteiger partial charge on any atom is 0.217 e. The number of pyridine rings is 1. The third-order valence-corrected chi connectivity index (χ3v) is 3.88. The predicted molar refractivity (Wildman–Crippen MR) is 78.8 cm³/mol. The highest BCUT2D eigenvalue weighted by Crippen LogP contribution is 2.25. The molecule has 0 aromatic carbocycles. The van der Waals surface area contributed by atoms with E-state index in [4.69, 9.17) is 9.47 Å². The van der Waals surface area contributed by atoms with Crippen LogP contribution in [0.25, 0.3) is 0 Å². The molecule has 4 nitrogen and oxygen atoms in total. The molecule has 1 fully saturated rings. The van der Waals surface area contributed by atoms with Crippen LogP contribution >= 0.6 is 15.9 Å². The van der Waals surface area contributed by atoms with E-state index in [0.29, 0.717) is 5.88 Å². The number of hydrogen-bond acceptors (Lipinski definition) is 4. The van der Waals surface area contributed by atoms with Crippen LogP contribution in [0.2, 0.25) is 0 Å². The van der Waals surface area contributed by atoms with E-state index < -0.39 is 0 Å². The fourth-order valence-electron chi connectivity index (χ4n) is 2.59. The van der Waals surface area contributed by atoms with Crippen LogP contribution in [-0.2, 0) is 11.3 Å². The number of methoxy groups -OCH3 is 1. The number of hydrogen-bond donors (Lipinski definition) is 0.